The highest BCUT2D eigenvalue weighted by Crippen LogP contribution is 2.38. The third-order valence-corrected chi connectivity index (χ3v) is 6.07. The molecular formula is C20H24F3N3OS. The molecular weight excluding hydrogens is 387 g/mol. The Morgan fingerprint density at radius 2 is 2.14 bits per heavy atom. The molecule has 0 spiro atoms. The number of thiazole rings is 1. The molecule has 1 saturated heterocycles. The zero-order chi connectivity index (χ0) is 20.5. The van der Waals surface area contributed by atoms with Gasteiger partial charge in [0.25, 0.3) is 0 Å². The van der Waals surface area contributed by atoms with Gasteiger partial charge in [-0.25, -0.2) is 4.98 Å². The Morgan fingerprint density at radius 1 is 1.39 bits per heavy atom. The van der Waals surface area contributed by atoms with Gasteiger partial charge in [0.15, 0.2) is 5.13 Å². The van der Waals surface area contributed by atoms with E-state index in [0.29, 0.717) is 29.0 Å². The minimum Gasteiger partial charge on any atom is -0.302 e. The van der Waals surface area contributed by atoms with Crippen LogP contribution in [0.3, 0.4) is 0 Å². The summed E-state index contributed by atoms with van der Waals surface area (Å²) in [6.45, 7) is 6.58. The largest absolute Gasteiger partial charge is 0.416 e. The number of halogens is 3. The molecule has 1 fully saturated rings. The van der Waals surface area contributed by atoms with Crippen molar-refractivity contribution >= 4 is 22.4 Å². The van der Waals surface area contributed by atoms with Crippen LogP contribution in [0.25, 0.3) is 11.3 Å². The van der Waals surface area contributed by atoms with E-state index < -0.39 is 11.7 Å². The minimum atomic E-state index is -4.42. The number of rotatable bonds is 5. The van der Waals surface area contributed by atoms with Crippen LogP contribution in [0.2, 0.25) is 0 Å². The quantitative estimate of drug-likeness (QED) is 0.710. The molecule has 3 rings (SSSR count). The normalized spacial score (nSPS) is 17.9. The van der Waals surface area contributed by atoms with Gasteiger partial charge >= 0.3 is 6.18 Å². The van der Waals surface area contributed by atoms with Crippen LogP contribution in [0, 0.1) is 6.92 Å². The van der Waals surface area contributed by atoms with E-state index in [1.54, 1.807) is 6.07 Å². The lowest BCUT2D eigenvalue weighted by Crippen LogP contribution is -2.28. The molecule has 2 heterocycles. The number of nitrogens with one attached hydrogen (secondary N) is 1. The fraction of sp³-hybridized carbons (Fsp3) is 0.500. The number of aryl methyl sites for hydroxylation is 1. The van der Waals surface area contributed by atoms with Crippen LogP contribution < -0.4 is 5.32 Å². The van der Waals surface area contributed by atoms with Gasteiger partial charge in [0, 0.05) is 30.0 Å². The van der Waals surface area contributed by atoms with Crippen molar-refractivity contribution in [2.45, 2.75) is 58.8 Å². The first-order chi connectivity index (χ1) is 13.2. The summed E-state index contributed by atoms with van der Waals surface area (Å²) in [5.41, 5.74) is 0.465. The van der Waals surface area contributed by atoms with E-state index >= 15 is 0 Å². The summed E-state index contributed by atoms with van der Waals surface area (Å²) < 4.78 is 40.1. The van der Waals surface area contributed by atoms with E-state index in [-0.39, 0.29) is 11.5 Å². The predicted molar refractivity (Wildman–Crippen MR) is 105 cm³/mol. The van der Waals surface area contributed by atoms with Crippen LogP contribution in [-0.2, 0) is 17.5 Å². The fourth-order valence-electron chi connectivity index (χ4n) is 3.71. The number of benzene rings is 1. The fourth-order valence-corrected chi connectivity index (χ4v) is 4.77. The second-order valence-electron chi connectivity index (χ2n) is 7.17. The summed E-state index contributed by atoms with van der Waals surface area (Å²) >= 11 is 1.33. The van der Waals surface area contributed by atoms with Gasteiger partial charge in [0.2, 0.25) is 5.91 Å². The van der Waals surface area contributed by atoms with Gasteiger partial charge in [0.05, 0.1) is 11.3 Å². The van der Waals surface area contributed by atoms with Crippen molar-refractivity contribution < 1.29 is 18.0 Å². The minimum absolute atomic E-state index is 0.181. The summed E-state index contributed by atoms with van der Waals surface area (Å²) in [7, 11) is 0. The molecule has 0 saturated carbocycles. The standard InChI is InChI=1S/C20H24F3N3OS/c1-4-15-6-5-9-26(15)11-17-18(25-19(28-17)24-13(3)27)14-8-7-12(2)16(10-14)20(21,22)23/h7-8,10,15H,4-6,9,11H2,1-3H3,(H,24,25,27)/t15-/m1/s1. The molecule has 2 aromatic rings. The Kier molecular flexibility index (Phi) is 6.09. The summed E-state index contributed by atoms with van der Waals surface area (Å²) in [6, 6.07) is 4.78. The first-order valence-electron chi connectivity index (χ1n) is 9.38. The number of hydrogen-bond donors (Lipinski definition) is 1. The monoisotopic (exact) mass is 411 g/mol. The van der Waals surface area contributed by atoms with Crippen LogP contribution in [0.5, 0.6) is 0 Å². The SMILES string of the molecule is CC[C@@H]1CCCN1Cc1sc(NC(C)=O)nc1-c1ccc(C)c(C(F)(F)F)c1. The molecule has 1 aromatic carbocycles. The number of amides is 1. The highest BCUT2D eigenvalue weighted by molar-refractivity contribution is 7.16. The van der Waals surface area contributed by atoms with Crippen molar-refractivity contribution in [2.24, 2.45) is 0 Å². The number of nitrogens with zero attached hydrogens (tertiary/aromatic N) is 2. The number of aromatic nitrogens is 1. The van der Waals surface area contributed by atoms with Crippen LogP contribution in [-0.4, -0.2) is 28.4 Å². The highest BCUT2D eigenvalue weighted by Gasteiger charge is 2.33. The summed E-state index contributed by atoms with van der Waals surface area (Å²) in [5, 5.41) is 3.09. The Hall–Kier alpha value is -1.93. The first kappa shape index (κ1) is 20.8. The van der Waals surface area contributed by atoms with Crippen LogP contribution in [0.15, 0.2) is 18.2 Å². The summed E-state index contributed by atoms with van der Waals surface area (Å²) in [6.07, 6.45) is -1.13. The van der Waals surface area contributed by atoms with Gasteiger partial charge in [-0.3, -0.25) is 9.69 Å². The molecule has 1 aliphatic heterocycles. The lowest BCUT2D eigenvalue weighted by Gasteiger charge is -2.23. The summed E-state index contributed by atoms with van der Waals surface area (Å²) in [4.78, 5) is 19.1. The Bertz CT molecular complexity index is 863. The van der Waals surface area contributed by atoms with Gasteiger partial charge < -0.3 is 5.32 Å². The molecule has 8 heteroatoms. The zero-order valence-corrected chi connectivity index (χ0v) is 17.0. The van der Waals surface area contributed by atoms with E-state index in [9.17, 15) is 18.0 Å². The maximum atomic E-state index is 13.4. The molecule has 0 radical (unpaired) electrons. The zero-order valence-electron chi connectivity index (χ0n) is 16.2. The molecule has 4 nitrogen and oxygen atoms in total. The number of alkyl halides is 3. The van der Waals surface area contributed by atoms with E-state index in [4.69, 9.17) is 0 Å². The van der Waals surface area contributed by atoms with Gasteiger partial charge in [-0.2, -0.15) is 13.2 Å². The summed E-state index contributed by atoms with van der Waals surface area (Å²) in [5.74, 6) is -0.251. The highest BCUT2D eigenvalue weighted by atomic mass is 32.1. The van der Waals surface area contributed by atoms with E-state index in [0.717, 1.165) is 36.8 Å². The van der Waals surface area contributed by atoms with Crippen molar-refractivity contribution in [3.05, 3.63) is 34.2 Å². The van der Waals surface area contributed by atoms with Crippen molar-refractivity contribution in [2.75, 3.05) is 11.9 Å². The number of hydrogen-bond acceptors (Lipinski definition) is 4. The van der Waals surface area contributed by atoms with E-state index in [2.05, 4.69) is 22.1 Å². The van der Waals surface area contributed by atoms with E-state index in [1.165, 1.54) is 31.3 Å². The van der Waals surface area contributed by atoms with Crippen molar-refractivity contribution in [1.29, 1.82) is 0 Å². The molecule has 0 aliphatic carbocycles. The third kappa shape index (κ3) is 4.55. The molecule has 28 heavy (non-hydrogen) atoms. The molecule has 1 aromatic heterocycles. The van der Waals surface area contributed by atoms with Gasteiger partial charge in [0.1, 0.15) is 0 Å². The van der Waals surface area contributed by atoms with Gasteiger partial charge in [-0.05, 0) is 44.4 Å². The second-order valence-corrected chi connectivity index (χ2v) is 8.26. The van der Waals surface area contributed by atoms with Gasteiger partial charge in [-0.1, -0.05) is 30.4 Å². The lowest BCUT2D eigenvalue weighted by atomic mass is 10.0. The number of anilines is 1. The van der Waals surface area contributed by atoms with Crippen LogP contribution in [0.1, 0.15) is 49.1 Å². The van der Waals surface area contributed by atoms with Crippen molar-refractivity contribution in [1.82, 2.24) is 9.88 Å². The average Bonchev–Trinajstić information content (AvgIpc) is 3.20. The Balaban J connectivity index is 2.01. The lowest BCUT2D eigenvalue weighted by molar-refractivity contribution is -0.138. The van der Waals surface area contributed by atoms with Gasteiger partial charge in [-0.15, -0.1) is 0 Å². The smallest absolute Gasteiger partial charge is 0.302 e. The number of carbonyl (C=O) groups is 1. The predicted octanol–water partition coefficient (Wildman–Crippen LogP) is 5.47. The maximum Gasteiger partial charge on any atom is 0.416 e. The van der Waals surface area contributed by atoms with Crippen molar-refractivity contribution in [3.63, 3.8) is 0 Å². The molecule has 1 amide bonds. The average molecular weight is 411 g/mol. The molecule has 152 valence electrons. The topological polar surface area (TPSA) is 45.2 Å². The van der Waals surface area contributed by atoms with Crippen LogP contribution in [0.4, 0.5) is 18.3 Å². The molecule has 1 aliphatic rings. The maximum absolute atomic E-state index is 13.4. The molecule has 0 bridgehead atoms. The molecule has 1 atom stereocenters. The number of likely N-dealkylation sites (tertiary alicyclic amines) is 1. The first-order valence-corrected chi connectivity index (χ1v) is 10.2. The number of carbonyl (C=O) groups excluding carboxylic acids is 1. The Labute approximate surface area is 166 Å². The molecule has 0 unspecified atom stereocenters. The Morgan fingerprint density at radius 3 is 2.79 bits per heavy atom. The third-order valence-electron chi connectivity index (χ3n) is 5.11. The molecule has 1 N–H and O–H groups in total. The van der Waals surface area contributed by atoms with E-state index in [1.807, 2.05) is 0 Å². The van der Waals surface area contributed by atoms with Crippen LogP contribution >= 0.6 is 11.3 Å². The van der Waals surface area contributed by atoms with Crippen molar-refractivity contribution in [3.8, 4) is 11.3 Å². The second kappa shape index (κ2) is 8.21.